The molecule has 1 aromatic rings. The summed E-state index contributed by atoms with van der Waals surface area (Å²) in [7, 11) is 2.04. The summed E-state index contributed by atoms with van der Waals surface area (Å²) in [5.41, 5.74) is 2.86. The molecular weight excluding hydrogens is 264 g/mol. The normalized spacial score (nSPS) is 14.1. The third kappa shape index (κ3) is 3.93. The Kier molecular flexibility index (Phi) is 4.60. The maximum absolute atomic E-state index is 4.50. The van der Waals surface area contributed by atoms with Crippen molar-refractivity contribution in [2.24, 2.45) is 12.5 Å². The molecule has 2 nitrogen and oxygen atoms in total. The minimum absolute atomic E-state index is 0.321. The van der Waals surface area contributed by atoms with Crippen LogP contribution in [-0.4, -0.2) is 14.6 Å². The monoisotopic (exact) mass is 286 g/mol. The van der Waals surface area contributed by atoms with Crippen molar-refractivity contribution in [2.45, 2.75) is 51.8 Å². The molecule has 0 aromatic carbocycles. The van der Waals surface area contributed by atoms with Crippen molar-refractivity contribution in [1.82, 2.24) is 9.78 Å². The van der Waals surface area contributed by atoms with E-state index in [9.17, 15) is 0 Å². The lowest BCUT2D eigenvalue weighted by atomic mass is 9.83. The van der Waals surface area contributed by atoms with Crippen molar-refractivity contribution in [3.8, 4) is 0 Å². The maximum Gasteiger partial charge on any atom is 0.0624 e. The lowest BCUT2D eigenvalue weighted by Crippen LogP contribution is -2.20. The minimum atomic E-state index is 0.321. The first-order valence-corrected chi connectivity index (χ1v) is 6.91. The van der Waals surface area contributed by atoms with Crippen molar-refractivity contribution < 1.29 is 0 Å². The molecule has 0 aliphatic heterocycles. The topological polar surface area (TPSA) is 17.8 Å². The first kappa shape index (κ1) is 13.8. The lowest BCUT2D eigenvalue weighted by Gasteiger charge is -2.25. The van der Waals surface area contributed by atoms with E-state index in [1.807, 2.05) is 11.7 Å². The van der Waals surface area contributed by atoms with Crippen LogP contribution in [0.3, 0.4) is 0 Å². The van der Waals surface area contributed by atoms with Crippen LogP contribution in [0.25, 0.3) is 0 Å². The molecule has 0 radical (unpaired) electrons. The number of aromatic nitrogens is 2. The summed E-state index contributed by atoms with van der Waals surface area (Å²) in [6.07, 6.45) is 3.29. The summed E-state index contributed by atoms with van der Waals surface area (Å²) < 4.78 is 2.03. The van der Waals surface area contributed by atoms with E-state index in [0.717, 1.165) is 12.8 Å². The van der Waals surface area contributed by atoms with Gasteiger partial charge >= 0.3 is 0 Å². The Morgan fingerprint density at radius 1 is 1.50 bits per heavy atom. The zero-order valence-electron chi connectivity index (χ0n) is 11.0. The van der Waals surface area contributed by atoms with Crippen LogP contribution in [0.2, 0.25) is 0 Å². The van der Waals surface area contributed by atoms with Crippen molar-refractivity contribution in [3.63, 3.8) is 0 Å². The zero-order valence-corrected chi connectivity index (χ0v) is 12.6. The molecule has 0 N–H and O–H groups in total. The molecule has 0 bridgehead atoms. The van der Waals surface area contributed by atoms with Gasteiger partial charge in [0, 0.05) is 17.6 Å². The highest BCUT2D eigenvalue weighted by Gasteiger charge is 2.22. The van der Waals surface area contributed by atoms with Crippen molar-refractivity contribution in [1.29, 1.82) is 0 Å². The quantitative estimate of drug-likeness (QED) is 0.755. The zero-order chi connectivity index (χ0) is 12.3. The van der Waals surface area contributed by atoms with Gasteiger partial charge in [0.1, 0.15) is 0 Å². The first-order valence-electron chi connectivity index (χ1n) is 6.00. The predicted octanol–water partition coefficient (Wildman–Crippen LogP) is 3.72. The van der Waals surface area contributed by atoms with Crippen LogP contribution in [0.5, 0.6) is 0 Å². The first-order chi connectivity index (χ1) is 7.34. The fraction of sp³-hybridized carbons (Fsp3) is 0.769. The number of alkyl halides is 1. The minimum Gasteiger partial charge on any atom is -0.272 e. The molecule has 1 unspecified atom stereocenters. The molecule has 0 aliphatic rings. The van der Waals surface area contributed by atoms with E-state index < -0.39 is 0 Å². The Hall–Kier alpha value is -0.310. The lowest BCUT2D eigenvalue weighted by molar-refractivity contribution is 0.326. The number of nitrogens with zero attached hydrogens (tertiary/aromatic N) is 2. The number of halogens is 1. The van der Waals surface area contributed by atoms with Crippen molar-refractivity contribution >= 4 is 15.9 Å². The van der Waals surface area contributed by atoms with Crippen LogP contribution in [0, 0.1) is 5.41 Å². The van der Waals surface area contributed by atoms with Gasteiger partial charge in [-0.2, -0.15) is 5.10 Å². The van der Waals surface area contributed by atoms with Gasteiger partial charge in [-0.05, 0) is 30.7 Å². The van der Waals surface area contributed by atoms with Crippen LogP contribution >= 0.6 is 15.9 Å². The van der Waals surface area contributed by atoms with Gasteiger partial charge in [0.05, 0.1) is 5.69 Å². The molecule has 0 fully saturated rings. The Morgan fingerprint density at radius 3 is 2.56 bits per heavy atom. The molecule has 16 heavy (non-hydrogen) atoms. The highest BCUT2D eigenvalue weighted by molar-refractivity contribution is 9.09. The fourth-order valence-corrected chi connectivity index (χ4v) is 3.11. The highest BCUT2D eigenvalue weighted by atomic mass is 79.9. The van der Waals surface area contributed by atoms with E-state index in [0.29, 0.717) is 10.2 Å². The Bertz CT molecular complexity index is 340. The van der Waals surface area contributed by atoms with Crippen LogP contribution in [0.1, 0.15) is 45.5 Å². The molecule has 0 spiro atoms. The molecule has 3 heteroatoms. The van der Waals surface area contributed by atoms with E-state index in [1.54, 1.807) is 0 Å². The van der Waals surface area contributed by atoms with Gasteiger partial charge in [-0.15, -0.1) is 0 Å². The Labute approximate surface area is 108 Å². The van der Waals surface area contributed by atoms with E-state index in [4.69, 9.17) is 0 Å². The summed E-state index contributed by atoms with van der Waals surface area (Å²) in [6, 6.07) is 2.24. The van der Waals surface area contributed by atoms with E-state index >= 15 is 0 Å². The average molecular weight is 287 g/mol. The molecule has 1 rings (SSSR count). The van der Waals surface area contributed by atoms with Gasteiger partial charge in [0.2, 0.25) is 0 Å². The molecule has 1 atom stereocenters. The standard InChI is InChI=1S/C13H23BrN2/c1-6-11-7-12(16(5)15-11)9-13(3,4)8-10(2)14/h7,10H,6,8-9H2,1-5H3. The van der Waals surface area contributed by atoms with E-state index in [-0.39, 0.29) is 0 Å². The Balaban J connectivity index is 2.74. The van der Waals surface area contributed by atoms with E-state index in [1.165, 1.54) is 17.8 Å². The SMILES string of the molecule is CCc1cc(CC(C)(C)CC(C)Br)n(C)n1. The van der Waals surface area contributed by atoms with Gasteiger partial charge < -0.3 is 0 Å². The van der Waals surface area contributed by atoms with Crippen molar-refractivity contribution in [2.75, 3.05) is 0 Å². The second kappa shape index (κ2) is 5.35. The number of hydrogen-bond donors (Lipinski definition) is 0. The van der Waals surface area contributed by atoms with Crippen molar-refractivity contribution in [3.05, 3.63) is 17.5 Å². The third-order valence-corrected chi connectivity index (χ3v) is 3.21. The highest BCUT2D eigenvalue weighted by Crippen LogP contribution is 2.29. The molecule has 0 aliphatic carbocycles. The molecule has 0 saturated heterocycles. The smallest absolute Gasteiger partial charge is 0.0624 e. The number of hydrogen-bond acceptors (Lipinski definition) is 1. The molecule has 1 heterocycles. The number of rotatable bonds is 5. The largest absolute Gasteiger partial charge is 0.272 e. The second-order valence-electron chi connectivity index (χ2n) is 5.43. The molecule has 1 aromatic heterocycles. The van der Waals surface area contributed by atoms with Gasteiger partial charge in [-0.25, -0.2) is 0 Å². The van der Waals surface area contributed by atoms with Gasteiger partial charge in [-0.1, -0.05) is 43.6 Å². The average Bonchev–Trinajstić information content (AvgIpc) is 2.44. The third-order valence-electron chi connectivity index (χ3n) is 2.88. The predicted molar refractivity (Wildman–Crippen MR) is 73.1 cm³/mol. The summed E-state index contributed by atoms with van der Waals surface area (Å²) in [5.74, 6) is 0. The van der Waals surface area contributed by atoms with Gasteiger partial charge in [0.25, 0.3) is 0 Å². The van der Waals surface area contributed by atoms with Gasteiger partial charge in [0.15, 0.2) is 0 Å². The van der Waals surface area contributed by atoms with Crippen LogP contribution in [0.4, 0.5) is 0 Å². The number of aryl methyl sites for hydroxylation is 2. The summed E-state index contributed by atoms with van der Waals surface area (Å²) in [4.78, 5) is 0.571. The Morgan fingerprint density at radius 2 is 2.12 bits per heavy atom. The molecular formula is C13H23BrN2. The fourth-order valence-electron chi connectivity index (χ4n) is 2.23. The molecule has 0 amide bonds. The molecule has 92 valence electrons. The maximum atomic E-state index is 4.50. The second-order valence-corrected chi connectivity index (χ2v) is 6.99. The van der Waals surface area contributed by atoms with Crippen LogP contribution in [0.15, 0.2) is 6.07 Å². The van der Waals surface area contributed by atoms with Crippen LogP contribution in [-0.2, 0) is 19.9 Å². The summed E-state index contributed by atoms with van der Waals surface area (Å²) in [6.45, 7) is 9.01. The van der Waals surface area contributed by atoms with Gasteiger partial charge in [-0.3, -0.25) is 4.68 Å². The molecule has 0 saturated carbocycles. The summed E-state index contributed by atoms with van der Waals surface area (Å²) in [5, 5.41) is 4.50. The van der Waals surface area contributed by atoms with E-state index in [2.05, 4.69) is 54.8 Å². The summed E-state index contributed by atoms with van der Waals surface area (Å²) >= 11 is 3.64. The van der Waals surface area contributed by atoms with Crippen LogP contribution < -0.4 is 0 Å².